The molecule has 2 aromatic heterocycles. The number of rotatable bonds is 10. The van der Waals surface area contributed by atoms with Gasteiger partial charge in [-0.05, 0) is 56.1 Å². The summed E-state index contributed by atoms with van der Waals surface area (Å²) in [7, 11) is -0.116. The Morgan fingerprint density at radius 2 is 2.12 bits per heavy atom. The SMILES string of the molecule is CN(C)Cc1ccc2c(c1)C(c1cc(C(=O)c3cncnc3N[C@@H]3C[C@H](COS(N)(=O)=O)[C@@H](O)C3)sc1C#N)OCC2. The molecule has 1 aliphatic heterocycles. The van der Waals surface area contributed by atoms with Gasteiger partial charge in [-0.25, -0.2) is 15.1 Å². The second kappa shape index (κ2) is 12.5. The number of ketones is 1. The molecular weight excluding hydrogens is 580 g/mol. The maximum absolute atomic E-state index is 13.8. The van der Waals surface area contributed by atoms with E-state index in [0.717, 1.165) is 41.0 Å². The normalized spacial score (nSPS) is 22.1. The average molecular weight is 613 g/mol. The Morgan fingerprint density at radius 3 is 2.86 bits per heavy atom. The van der Waals surface area contributed by atoms with E-state index in [2.05, 4.69) is 48.6 Å². The molecule has 2 aliphatic rings. The molecule has 1 saturated carbocycles. The second-order valence-electron chi connectivity index (χ2n) is 10.8. The molecular formula is C28H32N6O6S2. The molecule has 1 unspecified atom stereocenters. The van der Waals surface area contributed by atoms with E-state index in [9.17, 15) is 23.6 Å². The fourth-order valence-electron chi connectivity index (χ4n) is 5.53. The fourth-order valence-corrected chi connectivity index (χ4v) is 6.83. The monoisotopic (exact) mass is 612 g/mol. The molecule has 12 nitrogen and oxygen atoms in total. The maximum atomic E-state index is 13.8. The number of carbonyl (C=O) groups is 1. The van der Waals surface area contributed by atoms with Gasteiger partial charge >= 0.3 is 10.3 Å². The van der Waals surface area contributed by atoms with Gasteiger partial charge in [0.1, 0.15) is 29.2 Å². The lowest BCUT2D eigenvalue weighted by molar-refractivity contribution is 0.0698. The van der Waals surface area contributed by atoms with Crippen LogP contribution < -0.4 is 10.5 Å². The molecule has 0 bridgehead atoms. The van der Waals surface area contributed by atoms with Crippen LogP contribution in [0, 0.1) is 17.2 Å². The Morgan fingerprint density at radius 1 is 1.31 bits per heavy atom. The van der Waals surface area contributed by atoms with Gasteiger partial charge in [0, 0.05) is 30.3 Å². The first-order valence-electron chi connectivity index (χ1n) is 13.4. The lowest BCUT2D eigenvalue weighted by atomic mass is 9.91. The first kappa shape index (κ1) is 30.2. The second-order valence-corrected chi connectivity index (χ2v) is 13.1. The summed E-state index contributed by atoms with van der Waals surface area (Å²) in [5.74, 6) is -0.534. The van der Waals surface area contributed by atoms with Crippen molar-refractivity contribution in [2.24, 2.45) is 11.1 Å². The van der Waals surface area contributed by atoms with Gasteiger partial charge in [-0.3, -0.25) is 8.98 Å². The number of aliphatic hydroxyl groups excluding tert-OH is 1. The number of nitrogens with two attached hydrogens (primary N) is 1. The van der Waals surface area contributed by atoms with Crippen LogP contribution in [0.15, 0.2) is 36.8 Å². The topological polar surface area (TPSA) is 181 Å². The minimum absolute atomic E-state index is 0.215. The molecule has 3 heterocycles. The van der Waals surface area contributed by atoms with E-state index in [1.165, 1.54) is 12.5 Å². The molecule has 0 spiro atoms. The Labute approximate surface area is 248 Å². The number of nitrogens with zero attached hydrogens (tertiary/aromatic N) is 4. The largest absolute Gasteiger partial charge is 0.393 e. The van der Waals surface area contributed by atoms with Crippen molar-refractivity contribution in [1.82, 2.24) is 14.9 Å². The van der Waals surface area contributed by atoms with Crippen LogP contribution in [-0.4, -0.2) is 73.6 Å². The van der Waals surface area contributed by atoms with E-state index in [4.69, 9.17) is 9.88 Å². The molecule has 5 rings (SSSR count). The summed E-state index contributed by atoms with van der Waals surface area (Å²) in [5.41, 5.74) is 4.15. The van der Waals surface area contributed by atoms with E-state index in [1.54, 1.807) is 6.07 Å². The molecule has 4 N–H and O–H groups in total. The number of nitriles is 1. The van der Waals surface area contributed by atoms with Crippen LogP contribution >= 0.6 is 11.3 Å². The number of carbonyl (C=O) groups excluding carboxylic acids is 1. The summed E-state index contributed by atoms with van der Waals surface area (Å²) >= 11 is 1.10. The van der Waals surface area contributed by atoms with E-state index in [-0.39, 0.29) is 29.8 Å². The summed E-state index contributed by atoms with van der Waals surface area (Å²) in [5, 5.41) is 28.5. The third-order valence-corrected chi connectivity index (χ3v) is 8.94. The number of ether oxygens (including phenoxy) is 1. The highest BCUT2D eigenvalue weighted by Crippen LogP contribution is 2.39. The smallest absolute Gasteiger partial charge is 0.333 e. The Hall–Kier alpha value is -3.29. The van der Waals surface area contributed by atoms with Crippen molar-refractivity contribution in [2.75, 3.05) is 32.6 Å². The quantitative estimate of drug-likeness (QED) is 0.285. The molecule has 1 fully saturated rings. The van der Waals surface area contributed by atoms with E-state index in [1.807, 2.05) is 14.1 Å². The van der Waals surface area contributed by atoms with Gasteiger partial charge in [0.15, 0.2) is 0 Å². The number of benzene rings is 1. The highest BCUT2D eigenvalue weighted by Gasteiger charge is 2.35. The van der Waals surface area contributed by atoms with Gasteiger partial charge in [-0.2, -0.15) is 13.7 Å². The minimum atomic E-state index is -4.13. The number of fused-ring (bicyclic) bond motifs is 1. The summed E-state index contributed by atoms with van der Waals surface area (Å²) in [6, 6.07) is 10.0. The standard InChI is InChI=1S/C28H32N6O6S2/c1-34(2)13-16-3-4-17-5-6-39-27(20(17)7-16)21-10-24(41-25(21)11-29)26(36)22-12-31-15-32-28(22)33-19-8-18(23(35)9-19)14-40-42(30,37)38/h3-4,7,10,12,15,18-19,23,27,35H,5-6,8-9,13-14H2,1-2H3,(H2,30,37,38)(H,31,32,33)/t18-,19-,23+,27?/m1/s1. The van der Waals surface area contributed by atoms with E-state index in [0.29, 0.717) is 34.8 Å². The third-order valence-electron chi connectivity index (χ3n) is 7.42. The number of hydrogen-bond donors (Lipinski definition) is 3. The van der Waals surface area contributed by atoms with Crippen LogP contribution in [0.2, 0.25) is 0 Å². The lowest BCUT2D eigenvalue weighted by Crippen LogP contribution is -2.24. The number of hydrogen-bond acceptors (Lipinski definition) is 12. The zero-order valence-corrected chi connectivity index (χ0v) is 24.8. The van der Waals surface area contributed by atoms with Crippen LogP contribution in [-0.2, 0) is 32.2 Å². The van der Waals surface area contributed by atoms with Gasteiger partial charge in [0.25, 0.3) is 0 Å². The van der Waals surface area contributed by atoms with Gasteiger partial charge < -0.3 is 20.1 Å². The third kappa shape index (κ3) is 6.84. The lowest BCUT2D eigenvalue weighted by Gasteiger charge is -2.27. The van der Waals surface area contributed by atoms with Crippen molar-refractivity contribution in [3.63, 3.8) is 0 Å². The molecule has 1 aromatic carbocycles. The van der Waals surface area contributed by atoms with Crippen LogP contribution in [0.25, 0.3) is 0 Å². The first-order chi connectivity index (χ1) is 20.0. The van der Waals surface area contributed by atoms with E-state index < -0.39 is 28.4 Å². The van der Waals surface area contributed by atoms with Gasteiger partial charge in [0.05, 0.1) is 29.8 Å². The van der Waals surface area contributed by atoms with Crippen LogP contribution in [0.4, 0.5) is 5.82 Å². The molecule has 0 saturated heterocycles. The first-order valence-corrected chi connectivity index (χ1v) is 15.7. The number of thiophene rings is 1. The van der Waals surface area contributed by atoms with Gasteiger partial charge in [0.2, 0.25) is 5.78 Å². The Bertz CT molecular complexity index is 1620. The van der Waals surface area contributed by atoms with Crippen molar-refractivity contribution in [3.05, 3.63) is 74.4 Å². The van der Waals surface area contributed by atoms with Crippen LogP contribution in [0.1, 0.15) is 61.3 Å². The summed E-state index contributed by atoms with van der Waals surface area (Å²) in [6.45, 7) is 1.03. The predicted octanol–water partition coefficient (Wildman–Crippen LogP) is 2.14. The summed E-state index contributed by atoms with van der Waals surface area (Å²) in [6.07, 6.45) is 2.88. The van der Waals surface area contributed by atoms with Crippen molar-refractivity contribution in [1.29, 1.82) is 5.26 Å². The van der Waals surface area contributed by atoms with E-state index >= 15 is 0 Å². The molecule has 222 valence electrons. The number of aromatic nitrogens is 2. The highest BCUT2D eigenvalue weighted by molar-refractivity contribution is 7.84. The average Bonchev–Trinajstić information content (AvgIpc) is 3.53. The Balaban J connectivity index is 1.38. The molecule has 0 radical (unpaired) electrons. The van der Waals surface area contributed by atoms with Crippen molar-refractivity contribution < 1.29 is 27.2 Å². The molecule has 42 heavy (non-hydrogen) atoms. The van der Waals surface area contributed by atoms with Crippen molar-refractivity contribution in [2.45, 2.75) is 44.1 Å². The molecule has 14 heteroatoms. The predicted molar refractivity (Wildman–Crippen MR) is 155 cm³/mol. The van der Waals surface area contributed by atoms with Crippen LogP contribution in [0.3, 0.4) is 0 Å². The summed E-state index contributed by atoms with van der Waals surface area (Å²) in [4.78, 5) is 24.9. The van der Waals surface area contributed by atoms with Gasteiger partial charge in [-0.1, -0.05) is 18.2 Å². The number of aliphatic hydroxyl groups is 1. The van der Waals surface area contributed by atoms with Crippen LogP contribution in [0.5, 0.6) is 0 Å². The van der Waals surface area contributed by atoms with Crippen molar-refractivity contribution in [3.8, 4) is 6.07 Å². The number of anilines is 1. The molecule has 4 atom stereocenters. The fraction of sp³-hybridized carbons (Fsp3) is 0.429. The zero-order valence-electron chi connectivity index (χ0n) is 23.2. The minimum Gasteiger partial charge on any atom is -0.393 e. The molecule has 1 aliphatic carbocycles. The van der Waals surface area contributed by atoms with Crippen molar-refractivity contribution >= 4 is 33.2 Å². The molecule has 3 aromatic rings. The number of nitrogens with one attached hydrogen (secondary N) is 1. The summed E-state index contributed by atoms with van der Waals surface area (Å²) < 4.78 is 33.2. The highest BCUT2D eigenvalue weighted by atomic mass is 32.2. The van der Waals surface area contributed by atoms with Gasteiger partial charge in [-0.15, -0.1) is 11.3 Å². The zero-order chi connectivity index (χ0) is 30.0. The maximum Gasteiger partial charge on any atom is 0.333 e. The Kier molecular flexibility index (Phi) is 9.00. The molecule has 0 amide bonds.